The van der Waals surface area contributed by atoms with Crippen LogP contribution in [0.2, 0.25) is 5.02 Å². The molecule has 0 fully saturated rings. The summed E-state index contributed by atoms with van der Waals surface area (Å²) >= 11 is 7.99. The van der Waals surface area contributed by atoms with Crippen LogP contribution in [0.3, 0.4) is 0 Å². The summed E-state index contributed by atoms with van der Waals surface area (Å²) in [5, 5.41) is 5.32. The average Bonchev–Trinajstić information content (AvgIpc) is 2.67. The Morgan fingerprint density at radius 1 is 1.41 bits per heavy atom. The third-order valence-corrected chi connectivity index (χ3v) is 5.76. The molecule has 4 rings (SSSR count). The summed E-state index contributed by atoms with van der Waals surface area (Å²) in [5.41, 5.74) is 8.85. The average molecular weight is 404 g/mol. The van der Waals surface area contributed by atoms with Gasteiger partial charge in [0.2, 0.25) is 11.9 Å². The van der Waals surface area contributed by atoms with Crippen LogP contribution in [0.1, 0.15) is 16.7 Å². The number of guanidine groups is 1. The van der Waals surface area contributed by atoms with Gasteiger partial charge in [-0.2, -0.15) is 4.99 Å². The van der Waals surface area contributed by atoms with E-state index in [0.717, 1.165) is 27.5 Å². The summed E-state index contributed by atoms with van der Waals surface area (Å²) in [6.45, 7) is 1.39. The van der Waals surface area contributed by atoms with Crippen LogP contribution in [-0.2, 0) is 22.7 Å². The molecule has 2 heterocycles. The standard InChI is InChI=1S/C18H18ClN5O2S/c1-21-14(25)8-27-24-9-22-18(20)23-17(24)16-12-4-2-3-10-6-26-7-11(15(10)12)5-13(16)19/h2-5H,6-9H2,1H3,(H2,20,22)(H,21,25). The van der Waals surface area contributed by atoms with E-state index in [1.165, 1.54) is 11.9 Å². The highest BCUT2D eigenvalue weighted by Gasteiger charge is 2.26. The molecule has 9 heteroatoms. The van der Waals surface area contributed by atoms with E-state index in [2.05, 4.69) is 21.4 Å². The summed E-state index contributed by atoms with van der Waals surface area (Å²) in [6, 6.07) is 7.99. The first-order chi connectivity index (χ1) is 13.1. The second-order valence-electron chi connectivity index (χ2n) is 6.14. The van der Waals surface area contributed by atoms with Crippen LogP contribution >= 0.6 is 23.5 Å². The highest BCUT2D eigenvalue weighted by Crippen LogP contribution is 2.37. The maximum Gasteiger partial charge on any atom is 0.231 e. The molecule has 0 bridgehead atoms. The summed E-state index contributed by atoms with van der Waals surface area (Å²) in [6.07, 6.45) is 0. The van der Waals surface area contributed by atoms with Crippen LogP contribution < -0.4 is 11.1 Å². The molecule has 0 spiro atoms. The van der Waals surface area contributed by atoms with E-state index >= 15 is 0 Å². The largest absolute Gasteiger partial charge is 0.372 e. The van der Waals surface area contributed by atoms with Crippen LogP contribution in [0.5, 0.6) is 0 Å². The minimum atomic E-state index is -0.0815. The van der Waals surface area contributed by atoms with Gasteiger partial charge in [0, 0.05) is 12.6 Å². The molecule has 2 aliphatic heterocycles. The number of nitrogens with two attached hydrogens (primary N) is 1. The molecule has 1 amide bonds. The first kappa shape index (κ1) is 18.1. The van der Waals surface area contributed by atoms with Gasteiger partial charge in [-0.05, 0) is 39.9 Å². The number of aliphatic imine (C=N–C) groups is 2. The lowest BCUT2D eigenvalue weighted by Crippen LogP contribution is -2.35. The van der Waals surface area contributed by atoms with Gasteiger partial charge in [-0.1, -0.05) is 29.8 Å². The minimum absolute atomic E-state index is 0.0815. The van der Waals surface area contributed by atoms with Gasteiger partial charge >= 0.3 is 0 Å². The van der Waals surface area contributed by atoms with E-state index in [-0.39, 0.29) is 17.6 Å². The van der Waals surface area contributed by atoms with Crippen molar-refractivity contribution < 1.29 is 9.53 Å². The molecule has 7 nitrogen and oxygen atoms in total. The zero-order chi connectivity index (χ0) is 19.0. The van der Waals surface area contributed by atoms with E-state index in [4.69, 9.17) is 22.1 Å². The van der Waals surface area contributed by atoms with Gasteiger partial charge in [-0.25, -0.2) is 4.99 Å². The Hall–Kier alpha value is -2.29. The van der Waals surface area contributed by atoms with Crippen molar-refractivity contribution >= 4 is 52.0 Å². The molecule has 0 aliphatic carbocycles. The van der Waals surface area contributed by atoms with Crippen molar-refractivity contribution in [1.29, 1.82) is 0 Å². The third-order valence-electron chi connectivity index (χ3n) is 4.47. The van der Waals surface area contributed by atoms with E-state index in [1.54, 1.807) is 7.05 Å². The van der Waals surface area contributed by atoms with Crippen LogP contribution in [0.25, 0.3) is 10.8 Å². The van der Waals surface area contributed by atoms with E-state index in [9.17, 15) is 4.79 Å². The number of rotatable bonds is 4. The van der Waals surface area contributed by atoms with Crippen molar-refractivity contribution in [2.45, 2.75) is 13.2 Å². The minimum Gasteiger partial charge on any atom is -0.372 e. The fourth-order valence-corrected chi connectivity index (χ4v) is 4.37. The number of amides is 1. The van der Waals surface area contributed by atoms with Gasteiger partial charge in [0.25, 0.3) is 0 Å². The molecular weight excluding hydrogens is 386 g/mol. The number of halogens is 1. The summed E-state index contributed by atoms with van der Waals surface area (Å²) in [7, 11) is 1.61. The highest BCUT2D eigenvalue weighted by atomic mass is 35.5. The Kier molecular flexibility index (Phi) is 4.94. The number of ether oxygens (including phenoxy) is 1. The predicted octanol–water partition coefficient (Wildman–Crippen LogP) is 2.25. The van der Waals surface area contributed by atoms with Crippen molar-refractivity contribution in [1.82, 2.24) is 9.62 Å². The first-order valence-corrected chi connectivity index (χ1v) is 9.71. The number of benzene rings is 2. The number of carbonyl (C=O) groups excluding carboxylic acids is 1. The Morgan fingerprint density at radius 3 is 3.04 bits per heavy atom. The quantitative estimate of drug-likeness (QED) is 0.764. The Morgan fingerprint density at radius 2 is 2.22 bits per heavy atom. The lowest BCUT2D eigenvalue weighted by atomic mass is 9.94. The molecule has 27 heavy (non-hydrogen) atoms. The molecule has 3 N–H and O–H groups in total. The van der Waals surface area contributed by atoms with Gasteiger partial charge < -0.3 is 15.8 Å². The number of nitrogens with zero attached hydrogens (tertiary/aromatic N) is 3. The SMILES string of the molecule is CNC(=O)CSN1CN=C(N)N=C1c1c(Cl)cc2c3c(cccc13)COC2. The van der Waals surface area contributed by atoms with Gasteiger partial charge in [0.05, 0.1) is 24.0 Å². The van der Waals surface area contributed by atoms with E-state index in [0.29, 0.717) is 30.7 Å². The lowest BCUT2D eigenvalue weighted by Gasteiger charge is -2.28. The van der Waals surface area contributed by atoms with Crippen LogP contribution in [0.4, 0.5) is 0 Å². The Balaban J connectivity index is 1.84. The zero-order valence-electron chi connectivity index (χ0n) is 14.7. The molecule has 0 saturated heterocycles. The second-order valence-corrected chi connectivity index (χ2v) is 7.54. The molecule has 2 aromatic carbocycles. The summed E-state index contributed by atoms with van der Waals surface area (Å²) < 4.78 is 7.50. The third kappa shape index (κ3) is 3.36. The second kappa shape index (κ2) is 7.38. The Labute approximate surface area is 165 Å². The molecule has 0 aromatic heterocycles. The topological polar surface area (TPSA) is 92.3 Å². The summed E-state index contributed by atoms with van der Waals surface area (Å²) in [4.78, 5) is 20.3. The number of hydrogen-bond donors (Lipinski definition) is 2. The van der Waals surface area contributed by atoms with Crippen molar-refractivity contribution in [2.75, 3.05) is 19.5 Å². The zero-order valence-corrected chi connectivity index (χ0v) is 16.2. The van der Waals surface area contributed by atoms with E-state index in [1.807, 2.05) is 22.5 Å². The van der Waals surface area contributed by atoms with Crippen molar-refractivity contribution in [2.24, 2.45) is 15.7 Å². The molecule has 2 aliphatic rings. The first-order valence-electron chi connectivity index (χ1n) is 8.39. The lowest BCUT2D eigenvalue weighted by molar-refractivity contribution is -0.118. The number of amidine groups is 1. The fraction of sp³-hybridized carbons (Fsp3) is 0.278. The van der Waals surface area contributed by atoms with Crippen LogP contribution in [-0.4, -0.2) is 41.5 Å². The van der Waals surface area contributed by atoms with E-state index < -0.39 is 0 Å². The number of nitrogens with one attached hydrogen (secondary N) is 1. The van der Waals surface area contributed by atoms with Crippen molar-refractivity contribution in [3.8, 4) is 0 Å². The van der Waals surface area contributed by atoms with Crippen LogP contribution in [0, 0.1) is 0 Å². The van der Waals surface area contributed by atoms with Crippen molar-refractivity contribution in [3.63, 3.8) is 0 Å². The molecule has 2 aromatic rings. The smallest absolute Gasteiger partial charge is 0.231 e. The van der Waals surface area contributed by atoms with Gasteiger partial charge in [0.15, 0.2) is 5.84 Å². The summed E-state index contributed by atoms with van der Waals surface area (Å²) in [5.74, 6) is 0.970. The monoisotopic (exact) mass is 403 g/mol. The van der Waals surface area contributed by atoms with Gasteiger partial charge in [-0.3, -0.25) is 9.10 Å². The molecule has 0 atom stereocenters. The van der Waals surface area contributed by atoms with Crippen molar-refractivity contribution in [3.05, 3.63) is 46.0 Å². The van der Waals surface area contributed by atoms with Crippen LogP contribution in [0.15, 0.2) is 34.3 Å². The number of hydrogen-bond acceptors (Lipinski definition) is 7. The molecule has 140 valence electrons. The Bertz CT molecular complexity index is 991. The molecule has 0 saturated carbocycles. The van der Waals surface area contributed by atoms with Gasteiger partial charge in [0.1, 0.15) is 6.67 Å². The fourth-order valence-electron chi connectivity index (χ4n) is 3.24. The normalized spacial score (nSPS) is 16.1. The molecular formula is C18H18ClN5O2S. The predicted molar refractivity (Wildman–Crippen MR) is 109 cm³/mol. The number of carbonyl (C=O) groups is 1. The maximum absolute atomic E-state index is 11.7. The van der Waals surface area contributed by atoms with Gasteiger partial charge in [-0.15, -0.1) is 0 Å². The highest BCUT2D eigenvalue weighted by molar-refractivity contribution is 7.98. The molecule has 0 radical (unpaired) electrons. The molecule has 0 unspecified atom stereocenters. The maximum atomic E-state index is 11.7.